The SMILES string of the molecule is CCCSC(=N)N=C(N)C(=CCl)N=O. The van der Waals surface area contributed by atoms with Crippen LogP contribution in [0.25, 0.3) is 0 Å². The van der Waals surface area contributed by atoms with Crippen LogP contribution in [-0.4, -0.2) is 16.8 Å². The summed E-state index contributed by atoms with van der Waals surface area (Å²) in [4.78, 5) is 13.8. The van der Waals surface area contributed by atoms with Crippen molar-refractivity contribution >= 4 is 34.4 Å². The largest absolute Gasteiger partial charge is 0.382 e. The Bertz CT molecular complexity index is 277. The molecule has 0 radical (unpaired) electrons. The minimum Gasteiger partial charge on any atom is -0.382 e. The molecule has 78 valence electrons. The van der Waals surface area contributed by atoms with Crippen molar-refractivity contribution in [2.75, 3.05) is 5.75 Å². The van der Waals surface area contributed by atoms with E-state index in [1.54, 1.807) is 0 Å². The minimum absolute atomic E-state index is 0.0454. The first-order valence-corrected chi connectivity index (χ1v) is 5.27. The van der Waals surface area contributed by atoms with Crippen LogP contribution in [0.5, 0.6) is 0 Å². The van der Waals surface area contributed by atoms with E-state index in [4.69, 9.17) is 22.7 Å². The lowest BCUT2D eigenvalue weighted by molar-refractivity contribution is 1.11. The lowest BCUT2D eigenvalue weighted by Crippen LogP contribution is -2.14. The van der Waals surface area contributed by atoms with Gasteiger partial charge in [0.2, 0.25) is 0 Å². The molecule has 0 spiro atoms. The first-order chi connectivity index (χ1) is 6.65. The Labute approximate surface area is 91.3 Å². The summed E-state index contributed by atoms with van der Waals surface area (Å²) in [5.41, 5.74) is 6.14. The average Bonchev–Trinajstić information content (AvgIpc) is 2.16. The Morgan fingerprint density at radius 1 is 1.71 bits per heavy atom. The van der Waals surface area contributed by atoms with E-state index >= 15 is 0 Å². The first kappa shape index (κ1) is 13.1. The van der Waals surface area contributed by atoms with Gasteiger partial charge < -0.3 is 5.73 Å². The van der Waals surface area contributed by atoms with Gasteiger partial charge in [0.15, 0.2) is 16.7 Å². The molecule has 0 aliphatic carbocycles. The second-order valence-electron chi connectivity index (χ2n) is 2.24. The third kappa shape index (κ3) is 4.98. The van der Waals surface area contributed by atoms with Crippen molar-refractivity contribution in [1.29, 1.82) is 5.41 Å². The molecule has 0 fully saturated rings. The fraction of sp³-hybridized carbons (Fsp3) is 0.429. The predicted molar refractivity (Wildman–Crippen MR) is 61.8 cm³/mol. The topological polar surface area (TPSA) is 91.7 Å². The van der Waals surface area contributed by atoms with Gasteiger partial charge >= 0.3 is 0 Å². The number of nitroso groups, excluding NO2 is 1. The highest BCUT2D eigenvalue weighted by Crippen LogP contribution is 2.07. The molecular weight excluding hydrogens is 224 g/mol. The number of nitrogens with two attached hydrogens (primary N) is 1. The van der Waals surface area contributed by atoms with E-state index in [1.165, 1.54) is 11.8 Å². The summed E-state index contributed by atoms with van der Waals surface area (Å²) in [6.45, 7) is 1.99. The zero-order chi connectivity index (χ0) is 11.0. The van der Waals surface area contributed by atoms with Crippen LogP contribution >= 0.6 is 23.4 Å². The number of hydrogen-bond donors (Lipinski definition) is 2. The summed E-state index contributed by atoms with van der Waals surface area (Å²) in [6.07, 6.45) is 0.937. The molecule has 0 aliphatic rings. The molecule has 5 nitrogen and oxygen atoms in total. The van der Waals surface area contributed by atoms with Gasteiger partial charge in [0.1, 0.15) is 0 Å². The molecular formula is C7H11ClN4OS. The maximum Gasteiger partial charge on any atom is 0.182 e. The molecule has 0 aromatic carbocycles. The molecule has 0 aromatic rings. The van der Waals surface area contributed by atoms with Gasteiger partial charge in [-0.2, -0.15) is 0 Å². The number of nitrogens with one attached hydrogen (secondary N) is 1. The van der Waals surface area contributed by atoms with Crippen LogP contribution in [-0.2, 0) is 0 Å². The third-order valence-electron chi connectivity index (χ3n) is 1.13. The molecule has 0 atom stereocenters. The molecule has 14 heavy (non-hydrogen) atoms. The van der Waals surface area contributed by atoms with Crippen molar-refractivity contribution in [3.63, 3.8) is 0 Å². The van der Waals surface area contributed by atoms with E-state index in [0.29, 0.717) is 0 Å². The molecule has 0 unspecified atom stereocenters. The van der Waals surface area contributed by atoms with Crippen LogP contribution in [0.2, 0.25) is 0 Å². The Morgan fingerprint density at radius 2 is 2.36 bits per heavy atom. The van der Waals surface area contributed by atoms with Crippen LogP contribution < -0.4 is 5.73 Å². The van der Waals surface area contributed by atoms with E-state index in [9.17, 15) is 4.91 Å². The van der Waals surface area contributed by atoms with E-state index < -0.39 is 0 Å². The average molecular weight is 235 g/mol. The molecule has 0 aliphatic heterocycles. The first-order valence-electron chi connectivity index (χ1n) is 3.85. The van der Waals surface area contributed by atoms with Crippen LogP contribution in [0, 0.1) is 10.3 Å². The van der Waals surface area contributed by atoms with Crippen molar-refractivity contribution in [2.24, 2.45) is 15.9 Å². The van der Waals surface area contributed by atoms with Crippen molar-refractivity contribution in [3.05, 3.63) is 16.1 Å². The van der Waals surface area contributed by atoms with Gasteiger partial charge in [0.05, 0.1) is 0 Å². The number of amidine groups is 2. The van der Waals surface area contributed by atoms with E-state index in [-0.39, 0.29) is 16.7 Å². The van der Waals surface area contributed by atoms with Gasteiger partial charge in [-0.1, -0.05) is 30.3 Å². The second kappa shape index (κ2) is 7.52. The van der Waals surface area contributed by atoms with Crippen molar-refractivity contribution in [1.82, 2.24) is 0 Å². The Balaban J connectivity index is 4.35. The maximum absolute atomic E-state index is 10.1. The second-order valence-corrected chi connectivity index (χ2v) is 3.54. The quantitative estimate of drug-likeness (QED) is 0.444. The maximum atomic E-state index is 10.1. The number of rotatable bonds is 4. The Hall–Kier alpha value is -0.880. The monoisotopic (exact) mass is 234 g/mol. The fourth-order valence-electron chi connectivity index (χ4n) is 0.520. The van der Waals surface area contributed by atoms with Gasteiger partial charge in [-0.3, -0.25) is 5.41 Å². The van der Waals surface area contributed by atoms with Gasteiger partial charge in [-0.05, 0) is 11.6 Å². The molecule has 7 heteroatoms. The van der Waals surface area contributed by atoms with E-state index in [1.807, 2.05) is 6.92 Å². The van der Waals surface area contributed by atoms with Crippen molar-refractivity contribution < 1.29 is 0 Å². The molecule has 0 aromatic heterocycles. The lowest BCUT2D eigenvalue weighted by atomic mass is 10.5. The normalized spacial score (nSPS) is 12.7. The number of thioether (sulfide) groups is 1. The molecule has 0 saturated heterocycles. The standard InChI is InChI=1S/C7H11ClN4OS/c1-2-3-14-7(10)11-6(9)5(4-8)12-13/h4H,2-3H2,1H3,(H3,9,10,11). The van der Waals surface area contributed by atoms with Crippen LogP contribution in [0.3, 0.4) is 0 Å². The van der Waals surface area contributed by atoms with Crippen LogP contribution in [0.4, 0.5) is 0 Å². The summed E-state index contributed by atoms with van der Waals surface area (Å²) in [5, 5.41) is 9.95. The number of nitrogens with zero attached hydrogens (tertiary/aromatic N) is 2. The Kier molecular flexibility index (Phi) is 7.04. The highest BCUT2D eigenvalue weighted by Gasteiger charge is 2.03. The summed E-state index contributed by atoms with van der Waals surface area (Å²) in [5.74, 6) is 0.646. The number of halogens is 1. The molecule has 0 saturated carbocycles. The zero-order valence-corrected chi connectivity index (χ0v) is 9.23. The Morgan fingerprint density at radius 3 is 2.79 bits per heavy atom. The van der Waals surface area contributed by atoms with Crippen molar-refractivity contribution in [3.8, 4) is 0 Å². The van der Waals surface area contributed by atoms with Gasteiger partial charge in [0.25, 0.3) is 0 Å². The molecule has 3 N–H and O–H groups in total. The van der Waals surface area contributed by atoms with E-state index in [2.05, 4.69) is 10.2 Å². The predicted octanol–water partition coefficient (Wildman–Crippen LogP) is 2.27. The number of aliphatic imine (C=N–C) groups is 1. The van der Waals surface area contributed by atoms with Gasteiger partial charge in [0, 0.05) is 11.3 Å². The molecule has 0 heterocycles. The lowest BCUT2D eigenvalue weighted by Gasteiger charge is -1.98. The fourth-order valence-corrected chi connectivity index (χ4v) is 1.23. The minimum atomic E-state index is -0.159. The zero-order valence-electron chi connectivity index (χ0n) is 7.66. The molecule has 0 rings (SSSR count). The molecule has 0 bridgehead atoms. The summed E-state index contributed by atoms with van der Waals surface area (Å²) in [7, 11) is 0. The van der Waals surface area contributed by atoms with Crippen LogP contribution in [0.1, 0.15) is 13.3 Å². The van der Waals surface area contributed by atoms with Gasteiger partial charge in [-0.25, -0.2) is 4.99 Å². The van der Waals surface area contributed by atoms with Gasteiger partial charge in [-0.15, -0.1) is 4.91 Å². The molecule has 0 amide bonds. The van der Waals surface area contributed by atoms with Crippen molar-refractivity contribution in [2.45, 2.75) is 13.3 Å². The summed E-state index contributed by atoms with van der Waals surface area (Å²) in [6, 6.07) is 0. The summed E-state index contributed by atoms with van der Waals surface area (Å²) >= 11 is 6.50. The summed E-state index contributed by atoms with van der Waals surface area (Å²) < 4.78 is 0. The highest BCUT2D eigenvalue weighted by atomic mass is 35.5. The third-order valence-corrected chi connectivity index (χ3v) is 2.31. The van der Waals surface area contributed by atoms with E-state index in [0.717, 1.165) is 17.7 Å². The highest BCUT2D eigenvalue weighted by molar-refractivity contribution is 8.13. The number of hydrogen-bond acceptors (Lipinski definition) is 4. The smallest absolute Gasteiger partial charge is 0.182 e. The van der Waals surface area contributed by atoms with Crippen LogP contribution in [0.15, 0.2) is 21.4 Å².